The number of ether oxygens (including phenoxy) is 1. The molecule has 0 amide bonds. The zero-order chi connectivity index (χ0) is 12.1. The summed E-state index contributed by atoms with van der Waals surface area (Å²) >= 11 is 0. The van der Waals surface area contributed by atoms with Gasteiger partial charge in [-0.05, 0) is 18.1 Å². The number of benzene rings is 1. The van der Waals surface area contributed by atoms with E-state index in [9.17, 15) is 0 Å². The van der Waals surface area contributed by atoms with Gasteiger partial charge in [0.2, 0.25) is 0 Å². The molecule has 1 aromatic heterocycles. The highest BCUT2D eigenvalue weighted by Gasteiger charge is 2.15. The van der Waals surface area contributed by atoms with E-state index < -0.39 is 0 Å². The van der Waals surface area contributed by atoms with E-state index >= 15 is 0 Å². The summed E-state index contributed by atoms with van der Waals surface area (Å²) in [6, 6.07) is 7.73. The van der Waals surface area contributed by atoms with Crippen LogP contribution in [0.15, 0.2) is 30.5 Å². The third kappa shape index (κ3) is 2.61. The van der Waals surface area contributed by atoms with Gasteiger partial charge in [-0.25, -0.2) is 0 Å². The van der Waals surface area contributed by atoms with Gasteiger partial charge in [0.05, 0.1) is 19.3 Å². The lowest BCUT2D eigenvalue weighted by Gasteiger charge is -2.15. The number of aromatic amines is 1. The standard InChI is InChI=1S/C11H15N5O/c1-17-11-5-3-2-4-8(11)6-9(14-12)10-7-13-16-15-10/h2-5,7,9,14H,6,12H2,1H3,(H,13,15,16). The molecule has 6 nitrogen and oxygen atoms in total. The van der Waals surface area contributed by atoms with Gasteiger partial charge in [0.1, 0.15) is 11.4 Å². The minimum Gasteiger partial charge on any atom is -0.496 e. The molecule has 2 rings (SSSR count). The van der Waals surface area contributed by atoms with Crippen molar-refractivity contribution in [3.05, 3.63) is 41.7 Å². The number of nitrogens with two attached hydrogens (primary N) is 1. The Morgan fingerprint density at radius 2 is 2.29 bits per heavy atom. The van der Waals surface area contributed by atoms with Crippen molar-refractivity contribution in [1.29, 1.82) is 0 Å². The van der Waals surface area contributed by atoms with Crippen LogP contribution >= 0.6 is 0 Å². The first-order valence-electron chi connectivity index (χ1n) is 5.29. The molecular weight excluding hydrogens is 218 g/mol. The number of hydrogen-bond donors (Lipinski definition) is 3. The van der Waals surface area contributed by atoms with Gasteiger partial charge in [-0.1, -0.05) is 18.2 Å². The highest BCUT2D eigenvalue weighted by atomic mass is 16.5. The molecule has 0 spiro atoms. The Hall–Kier alpha value is -1.92. The van der Waals surface area contributed by atoms with Gasteiger partial charge in [0.15, 0.2) is 0 Å². The van der Waals surface area contributed by atoms with E-state index in [0.29, 0.717) is 6.42 Å². The molecule has 0 aliphatic heterocycles. The van der Waals surface area contributed by atoms with Crippen molar-refractivity contribution in [2.45, 2.75) is 12.5 Å². The van der Waals surface area contributed by atoms with E-state index in [4.69, 9.17) is 10.6 Å². The van der Waals surface area contributed by atoms with E-state index in [1.54, 1.807) is 13.3 Å². The van der Waals surface area contributed by atoms with Crippen molar-refractivity contribution >= 4 is 0 Å². The number of hydrazine groups is 1. The summed E-state index contributed by atoms with van der Waals surface area (Å²) in [6.45, 7) is 0. The summed E-state index contributed by atoms with van der Waals surface area (Å²) in [5, 5.41) is 10.4. The van der Waals surface area contributed by atoms with Crippen LogP contribution in [0, 0.1) is 0 Å². The first-order chi connectivity index (χ1) is 8.35. The molecule has 1 unspecified atom stereocenters. The summed E-state index contributed by atoms with van der Waals surface area (Å²) < 4.78 is 5.30. The lowest BCUT2D eigenvalue weighted by molar-refractivity contribution is 0.405. The number of methoxy groups -OCH3 is 1. The van der Waals surface area contributed by atoms with Crippen LogP contribution in [0.25, 0.3) is 0 Å². The molecule has 0 saturated heterocycles. The number of nitrogens with zero attached hydrogens (tertiary/aromatic N) is 2. The summed E-state index contributed by atoms with van der Waals surface area (Å²) in [4.78, 5) is 0. The first-order valence-corrected chi connectivity index (χ1v) is 5.29. The molecule has 2 aromatic rings. The van der Waals surface area contributed by atoms with Crippen molar-refractivity contribution < 1.29 is 4.74 Å². The molecule has 0 saturated carbocycles. The Morgan fingerprint density at radius 1 is 1.47 bits per heavy atom. The molecule has 1 atom stereocenters. The number of rotatable bonds is 5. The van der Waals surface area contributed by atoms with Gasteiger partial charge in [0, 0.05) is 0 Å². The van der Waals surface area contributed by atoms with Gasteiger partial charge in [0.25, 0.3) is 0 Å². The molecule has 0 aliphatic carbocycles. The monoisotopic (exact) mass is 233 g/mol. The molecule has 1 aromatic carbocycles. The van der Waals surface area contributed by atoms with Crippen LogP contribution in [-0.2, 0) is 6.42 Å². The second kappa shape index (κ2) is 5.42. The third-order valence-electron chi connectivity index (χ3n) is 2.61. The average Bonchev–Trinajstić information content (AvgIpc) is 2.90. The predicted molar refractivity (Wildman–Crippen MR) is 63.1 cm³/mol. The average molecular weight is 233 g/mol. The Labute approximate surface area is 99.1 Å². The van der Waals surface area contributed by atoms with Crippen LogP contribution in [-0.4, -0.2) is 22.5 Å². The molecule has 0 aliphatic rings. The molecule has 0 fully saturated rings. The van der Waals surface area contributed by atoms with Gasteiger partial charge in [-0.15, -0.1) is 0 Å². The van der Waals surface area contributed by atoms with E-state index in [1.807, 2.05) is 24.3 Å². The fourth-order valence-corrected chi connectivity index (χ4v) is 1.72. The highest BCUT2D eigenvalue weighted by Crippen LogP contribution is 2.23. The SMILES string of the molecule is COc1ccccc1CC(NN)c1cn[nH]n1. The van der Waals surface area contributed by atoms with Crippen LogP contribution in [0.1, 0.15) is 17.3 Å². The largest absolute Gasteiger partial charge is 0.496 e. The number of para-hydroxylation sites is 1. The first kappa shape index (κ1) is 11.6. The number of hydrogen-bond acceptors (Lipinski definition) is 5. The fraction of sp³-hybridized carbons (Fsp3) is 0.273. The summed E-state index contributed by atoms with van der Waals surface area (Å²) in [5.74, 6) is 6.37. The maximum atomic E-state index is 5.53. The number of H-pyrrole nitrogens is 1. The van der Waals surface area contributed by atoms with Crippen LogP contribution < -0.4 is 16.0 Å². The summed E-state index contributed by atoms with van der Waals surface area (Å²) in [6.07, 6.45) is 2.34. The predicted octanol–water partition coefficient (Wildman–Crippen LogP) is 0.560. The third-order valence-corrected chi connectivity index (χ3v) is 2.61. The van der Waals surface area contributed by atoms with E-state index in [0.717, 1.165) is 17.0 Å². The summed E-state index contributed by atoms with van der Waals surface area (Å²) in [5.41, 5.74) is 4.57. The molecule has 1 heterocycles. The van der Waals surface area contributed by atoms with Crippen LogP contribution in [0.4, 0.5) is 0 Å². The van der Waals surface area contributed by atoms with Crippen LogP contribution in [0.2, 0.25) is 0 Å². The van der Waals surface area contributed by atoms with Gasteiger partial charge < -0.3 is 4.74 Å². The Bertz CT molecular complexity index is 457. The van der Waals surface area contributed by atoms with Crippen molar-refractivity contribution in [1.82, 2.24) is 20.8 Å². The van der Waals surface area contributed by atoms with Crippen molar-refractivity contribution in [3.63, 3.8) is 0 Å². The van der Waals surface area contributed by atoms with Crippen molar-refractivity contribution in [3.8, 4) is 5.75 Å². The zero-order valence-electron chi connectivity index (χ0n) is 9.55. The molecule has 0 bridgehead atoms. The van der Waals surface area contributed by atoms with Crippen LogP contribution in [0.5, 0.6) is 5.75 Å². The fourth-order valence-electron chi connectivity index (χ4n) is 1.72. The second-order valence-corrected chi connectivity index (χ2v) is 3.63. The Morgan fingerprint density at radius 3 is 2.94 bits per heavy atom. The van der Waals surface area contributed by atoms with Crippen molar-refractivity contribution in [2.75, 3.05) is 7.11 Å². The minimum atomic E-state index is -0.0925. The quantitative estimate of drug-likeness (QED) is 0.518. The molecular formula is C11H15N5O. The highest BCUT2D eigenvalue weighted by molar-refractivity contribution is 5.34. The second-order valence-electron chi connectivity index (χ2n) is 3.63. The normalized spacial score (nSPS) is 12.4. The Balaban J connectivity index is 2.18. The summed E-state index contributed by atoms with van der Waals surface area (Å²) in [7, 11) is 1.65. The van der Waals surface area contributed by atoms with Gasteiger partial charge in [-0.3, -0.25) is 11.3 Å². The van der Waals surface area contributed by atoms with E-state index in [2.05, 4.69) is 20.8 Å². The van der Waals surface area contributed by atoms with Crippen LogP contribution in [0.3, 0.4) is 0 Å². The molecule has 0 radical (unpaired) electrons. The Kier molecular flexibility index (Phi) is 3.69. The topological polar surface area (TPSA) is 88.9 Å². The number of nitrogens with one attached hydrogen (secondary N) is 2. The molecule has 90 valence electrons. The maximum absolute atomic E-state index is 5.53. The molecule has 4 N–H and O–H groups in total. The minimum absolute atomic E-state index is 0.0925. The van der Waals surface area contributed by atoms with Gasteiger partial charge >= 0.3 is 0 Å². The van der Waals surface area contributed by atoms with Gasteiger partial charge in [-0.2, -0.15) is 15.4 Å². The van der Waals surface area contributed by atoms with Crippen molar-refractivity contribution in [2.24, 2.45) is 5.84 Å². The smallest absolute Gasteiger partial charge is 0.122 e. The number of aromatic nitrogens is 3. The molecule has 17 heavy (non-hydrogen) atoms. The molecule has 6 heteroatoms. The zero-order valence-corrected chi connectivity index (χ0v) is 9.55. The van der Waals surface area contributed by atoms with E-state index in [1.165, 1.54) is 0 Å². The lowest BCUT2D eigenvalue weighted by atomic mass is 10.0. The van der Waals surface area contributed by atoms with E-state index in [-0.39, 0.29) is 6.04 Å². The maximum Gasteiger partial charge on any atom is 0.122 e. The lowest BCUT2D eigenvalue weighted by Crippen LogP contribution is -2.30.